The zero-order valence-electron chi connectivity index (χ0n) is 14.5. The first kappa shape index (κ1) is 18.1. The van der Waals surface area contributed by atoms with Crippen LogP contribution in [0.2, 0.25) is 0 Å². The molecule has 0 atom stereocenters. The van der Waals surface area contributed by atoms with Gasteiger partial charge in [-0.25, -0.2) is 0 Å². The van der Waals surface area contributed by atoms with Gasteiger partial charge < -0.3 is 14.6 Å². The summed E-state index contributed by atoms with van der Waals surface area (Å²) in [6.07, 6.45) is 0. The largest absolute Gasteiger partial charge is 0.483 e. The predicted octanol–water partition coefficient (Wildman–Crippen LogP) is 3.81. The number of rotatable bonds is 6. The van der Waals surface area contributed by atoms with E-state index in [1.165, 1.54) is 0 Å². The molecule has 3 rings (SSSR count). The van der Waals surface area contributed by atoms with Crippen LogP contribution in [0.15, 0.2) is 51.5 Å². The van der Waals surface area contributed by atoms with Gasteiger partial charge in [0.15, 0.2) is 6.61 Å². The van der Waals surface area contributed by atoms with Crippen molar-refractivity contribution in [2.24, 2.45) is 0 Å². The first-order valence-electron chi connectivity index (χ1n) is 8.06. The highest BCUT2D eigenvalue weighted by atomic mass is 79.9. The van der Waals surface area contributed by atoms with Crippen molar-refractivity contribution in [1.29, 1.82) is 0 Å². The SMILES string of the molecule is Cc1ccc(-c2noc(CNC(=O)COc3ccc(C)cc3Br)n2)cc1. The zero-order valence-corrected chi connectivity index (χ0v) is 16.0. The average molecular weight is 416 g/mol. The fraction of sp³-hybridized carbons (Fsp3) is 0.211. The van der Waals surface area contributed by atoms with Crippen molar-refractivity contribution in [2.75, 3.05) is 6.61 Å². The summed E-state index contributed by atoms with van der Waals surface area (Å²) in [6.45, 7) is 4.05. The molecule has 0 aliphatic carbocycles. The maximum absolute atomic E-state index is 11.9. The van der Waals surface area contributed by atoms with E-state index < -0.39 is 0 Å². The zero-order chi connectivity index (χ0) is 18.5. The molecule has 1 amide bonds. The van der Waals surface area contributed by atoms with Crippen LogP contribution in [-0.4, -0.2) is 22.7 Å². The maximum Gasteiger partial charge on any atom is 0.258 e. The Balaban J connectivity index is 1.51. The van der Waals surface area contributed by atoms with Crippen LogP contribution < -0.4 is 10.1 Å². The Bertz CT molecular complexity index is 907. The predicted molar refractivity (Wildman–Crippen MR) is 101 cm³/mol. The standard InChI is InChI=1S/C19H18BrN3O3/c1-12-3-6-14(7-4-12)19-22-18(26-23-19)10-21-17(24)11-25-16-8-5-13(2)9-15(16)20/h3-9H,10-11H2,1-2H3,(H,21,24). The summed E-state index contributed by atoms with van der Waals surface area (Å²) in [5.41, 5.74) is 3.13. The average Bonchev–Trinajstić information content (AvgIpc) is 3.09. The summed E-state index contributed by atoms with van der Waals surface area (Å²) in [4.78, 5) is 16.2. The lowest BCUT2D eigenvalue weighted by atomic mass is 10.1. The molecule has 0 aliphatic rings. The highest BCUT2D eigenvalue weighted by Gasteiger charge is 2.11. The molecule has 0 spiro atoms. The van der Waals surface area contributed by atoms with Gasteiger partial charge in [-0.1, -0.05) is 41.1 Å². The Morgan fingerprint density at radius 3 is 2.62 bits per heavy atom. The smallest absolute Gasteiger partial charge is 0.258 e. The second-order valence-electron chi connectivity index (χ2n) is 5.88. The molecular weight excluding hydrogens is 398 g/mol. The number of ether oxygens (including phenoxy) is 1. The summed E-state index contributed by atoms with van der Waals surface area (Å²) in [6, 6.07) is 13.5. The molecule has 0 bridgehead atoms. The van der Waals surface area contributed by atoms with Crippen LogP contribution >= 0.6 is 15.9 Å². The van der Waals surface area contributed by atoms with Crippen molar-refractivity contribution in [3.63, 3.8) is 0 Å². The number of carbonyl (C=O) groups is 1. The quantitative estimate of drug-likeness (QED) is 0.661. The monoisotopic (exact) mass is 415 g/mol. The lowest BCUT2D eigenvalue weighted by Crippen LogP contribution is -2.28. The van der Waals surface area contributed by atoms with Gasteiger partial charge in [0.25, 0.3) is 5.91 Å². The second kappa shape index (κ2) is 8.14. The molecule has 1 aromatic heterocycles. The number of nitrogens with one attached hydrogen (secondary N) is 1. The van der Waals surface area contributed by atoms with E-state index in [-0.39, 0.29) is 19.1 Å². The molecule has 3 aromatic rings. The molecule has 1 N–H and O–H groups in total. The van der Waals surface area contributed by atoms with Gasteiger partial charge in [-0.3, -0.25) is 4.79 Å². The van der Waals surface area contributed by atoms with E-state index in [4.69, 9.17) is 9.26 Å². The van der Waals surface area contributed by atoms with E-state index in [1.54, 1.807) is 0 Å². The fourth-order valence-corrected chi connectivity index (χ4v) is 2.85. The highest BCUT2D eigenvalue weighted by molar-refractivity contribution is 9.10. The molecule has 0 saturated carbocycles. The van der Waals surface area contributed by atoms with Crippen molar-refractivity contribution in [1.82, 2.24) is 15.5 Å². The summed E-state index contributed by atoms with van der Waals surface area (Å²) < 4.78 is 11.5. The van der Waals surface area contributed by atoms with Crippen LogP contribution in [0.1, 0.15) is 17.0 Å². The second-order valence-corrected chi connectivity index (χ2v) is 6.73. The van der Waals surface area contributed by atoms with E-state index >= 15 is 0 Å². The van der Waals surface area contributed by atoms with Crippen molar-refractivity contribution in [2.45, 2.75) is 20.4 Å². The number of aromatic nitrogens is 2. The van der Waals surface area contributed by atoms with Gasteiger partial charge in [0.2, 0.25) is 11.7 Å². The molecule has 1 heterocycles. The van der Waals surface area contributed by atoms with Gasteiger partial charge in [0, 0.05) is 5.56 Å². The molecule has 0 saturated heterocycles. The van der Waals surface area contributed by atoms with Crippen molar-refractivity contribution < 1.29 is 14.1 Å². The molecule has 0 aliphatic heterocycles. The first-order chi connectivity index (χ1) is 12.5. The molecule has 26 heavy (non-hydrogen) atoms. The van der Waals surface area contributed by atoms with Gasteiger partial charge in [0.05, 0.1) is 11.0 Å². The Labute approximate surface area is 159 Å². The molecule has 0 radical (unpaired) electrons. The molecule has 6 nitrogen and oxygen atoms in total. The van der Waals surface area contributed by atoms with Crippen LogP contribution in [0, 0.1) is 13.8 Å². The van der Waals surface area contributed by atoms with E-state index in [2.05, 4.69) is 31.4 Å². The third-order valence-electron chi connectivity index (χ3n) is 3.66. The molecule has 2 aromatic carbocycles. The minimum atomic E-state index is -0.271. The Kier molecular flexibility index (Phi) is 5.68. The van der Waals surface area contributed by atoms with Gasteiger partial charge in [0.1, 0.15) is 5.75 Å². The Morgan fingerprint density at radius 1 is 1.15 bits per heavy atom. The molecule has 0 fully saturated rings. The summed E-state index contributed by atoms with van der Waals surface area (Å²) >= 11 is 3.41. The van der Waals surface area contributed by atoms with E-state index in [9.17, 15) is 4.79 Å². The minimum Gasteiger partial charge on any atom is -0.483 e. The lowest BCUT2D eigenvalue weighted by Gasteiger charge is -2.08. The van der Waals surface area contributed by atoms with Crippen LogP contribution in [0.3, 0.4) is 0 Å². The lowest BCUT2D eigenvalue weighted by molar-refractivity contribution is -0.123. The summed E-state index contributed by atoms with van der Waals surface area (Å²) in [5, 5.41) is 6.63. The van der Waals surface area contributed by atoms with Gasteiger partial charge >= 0.3 is 0 Å². The number of nitrogens with zero attached hydrogens (tertiary/aromatic N) is 2. The number of halogens is 1. The van der Waals surface area contributed by atoms with Crippen LogP contribution in [0.5, 0.6) is 5.75 Å². The van der Waals surface area contributed by atoms with E-state index in [0.29, 0.717) is 17.5 Å². The van der Waals surface area contributed by atoms with Crippen LogP contribution in [-0.2, 0) is 11.3 Å². The Morgan fingerprint density at radius 2 is 1.88 bits per heavy atom. The van der Waals surface area contributed by atoms with E-state index in [0.717, 1.165) is 21.2 Å². The number of hydrogen-bond donors (Lipinski definition) is 1. The number of benzene rings is 2. The van der Waals surface area contributed by atoms with Gasteiger partial charge in [-0.2, -0.15) is 4.98 Å². The molecular formula is C19H18BrN3O3. The van der Waals surface area contributed by atoms with E-state index in [1.807, 2.05) is 56.3 Å². The topological polar surface area (TPSA) is 77.2 Å². The number of carbonyl (C=O) groups excluding carboxylic acids is 1. The van der Waals surface area contributed by atoms with Crippen molar-refractivity contribution in [3.05, 3.63) is 64.0 Å². The Hall–Kier alpha value is -2.67. The maximum atomic E-state index is 11.9. The van der Waals surface area contributed by atoms with Crippen molar-refractivity contribution >= 4 is 21.8 Å². The van der Waals surface area contributed by atoms with Gasteiger partial charge in [-0.15, -0.1) is 0 Å². The minimum absolute atomic E-state index is 0.0966. The third-order valence-corrected chi connectivity index (χ3v) is 4.28. The fourth-order valence-electron chi connectivity index (χ4n) is 2.24. The third kappa shape index (κ3) is 4.70. The molecule has 134 valence electrons. The van der Waals surface area contributed by atoms with Crippen LogP contribution in [0.25, 0.3) is 11.4 Å². The number of hydrogen-bond acceptors (Lipinski definition) is 5. The van der Waals surface area contributed by atoms with Crippen molar-refractivity contribution in [3.8, 4) is 17.1 Å². The summed E-state index contributed by atoms with van der Waals surface area (Å²) in [7, 11) is 0. The summed E-state index contributed by atoms with van der Waals surface area (Å²) in [5.74, 6) is 1.18. The number of aryl methyl sites for hydroxylation is 2. The molecule has 0 unspecified atom stereocenters. The molecule has 7 heteroatoms. The van der Waals surface area contributed by atoms with Gasteiger partial charge in [-0.05, 0) is 47.5 Å². The van der Waals surface area contributed by atoms with Crippen LogP contribution in [0.4, 0.5) is 0 Å². The normalized spacial score (nSPS) is 10.6. The highest BCUT2D eigenvalue weighted by Crippen LogP contribution is 2.25. The first-order valence-corrected chi connectivity index (χ1v) is 8.86. The number of amides is 1.